The van der Waals surface area contributed by atoms with Gasteiger partial charge in [-0.1, -0.05) is 0 Å². The van der Waals surface area contributed by atoms with Crippen LogP contribution in [-0.4, -0.2) is 26.9 Å². The van der Waals surface area contributed by atoms with E-state index in [0.717, 1.165) is 11.6 Å². The van der Waals surface area contributed by atoms with Crippen LogP contribution < -0.4 is 5.73 Å². The van der Waals surface area contributed by atoms with E-state index in [4.69, 9.17) is 10.2 Å². The molecule has 6 nitrogen and oxygen atoms in total. The van der Waals surface area contributed by atoms with Gasteiger partial charge in [-0.15, -0.1) is 0 Å². The number of nitrogen functional groups attached to an aromatic ring is 1. The molecular formula is C17H17F2N5O. The summed E-state index contributed by atoms with van der Waals surface area (Å²) in [6, 6.07) is 3.18. The highest BCUT2D eigenvalue weighted by molar-refractivity contribution is 5.53. The summed E-state index contributed by atoms with van der Waals surface area (Å²) in [7, 11) is 1.91. The second-order valence-electron chi connectivity index (χ2n) is 5.80. The van der Waals surface area contributed by atoms with Gasteiger partial charge < -0.3 is 10.2 Å². The van der Waals surface area contributed by atoms with Crippen LogP contribution in [-0.2, 0) is 13.1 Å². The van der Waals surface area contributed by atoms with Crippen LogP contribution in [0.3, 0.4) is 0 Å². The third-order valence-corrected chi connectivity index (χ3v) is 3.60. The molecule has 3 aromatic rings. The van der Waals surface area contributed by atoms with Crippen LogP contribution in [0.4, 0.5) is 14.7 Å². The topological polar surface area (TPSA) is 81.1 Å². The van der Waals surface area contributed by atoms with E-state index in [1.165, 1.54) is 12.1 Å². The van der Waals surface area contributed by atoms with Crippen molar-refractivity contribution < 1.29 is 13.2 Å². The van der Waals surface area contributed by atoms with Crippen LogP contribution >= 0.6 is 0 Å². The van der Waals surface area contributed by atoms with Crippen LogP contribution in [0.15, 0.2) is 35.0 Å². The Labute approximate surface area is 143 Å². The third-order valence-electron chi connectivity index (χ3n) is 3.60. The van der Waals surface area contributed by atoms with Crippen molar-refractivity contribution >= 4 is 5.95 Å². The van der Waals surface area contributed by atoms with Gasteiger partial charge in [-0.25, -0.2) is 23.7 Å². The molecule has 2 heterocycles. The summed E-state index contributed by atoms with van der Waals surface area (Å²) in [4.78, 5) is 14.3. The molecule has 2 N–H and O–H groups in total. The molecule has 0 saturated carbocycles. The molecular weight excluding hydrogens is 328 g/mol. The largest absolute Gasteiger partial charge is 0.441 e. The first kappa shape index (κ1) is 17.0. The van der Waals surface area contributed by atoms with Crippen molar-refractivity contribution in [1.82, 2.24) is 19.9 Å². The Morgan fingerprint density at radius 3 is 2.36 bits per heavy atom. The van der Waals surface area contributed by atoms with E-state index in [1.54, 1.807) is 19.3 Å². The minimum atomic E-state index is -0.673. The number of nitrogens with zero attached hydrogens (tertiary/aromatic N) is 4. The van der Waals surface area contributed by atoms with Crippen molar-refractivity contribution in [2.24, 2.45) is 0 Å². The molecule has 0 aliphatic rings. The zero-order valence-electron chi connectivity index (χ0n) is 13.8. The Morgan fingerprint density at radius 1 is 1.08 bits per heavy atom. The maximum Gasteiger partial charge on any atom is 0.226 e. The monoisotopic (exact) mass is 345 g/mol. The van der Waals surface area contributed by atoms with Gasteiger partial charge in [0.15, 0.2) is 0 Å². The van der Waals surface area contributed by atoms with Gasteiger partial charge in [0.05, 0.1) is 5.69 Å². The average molecular weight is 345 g/mol. The van der Waals surface area contributed by atoms with Gasteiger partial charge in [0.25, 0.3) is 0 Å². The number of anilines is 1. The van der Waals surface area contributed by atoms with E-state index in [2.05, 4.69) is 15.0 Å². The lowest BCUT2D eigenvalue weighted by Crippen LogP contribution is -2.18. The smallest absolute Gasteiger partial charge is 0.226 e. The molecule has 2 aromatic heterocycles. The predicted molar refractivity (Wildman–Crippen MR) is 88.2 cm³/mol. The Bertz CT molecular complexity index is 859. The van der Waals surface area contributed by atoms with Crippen LogP contribution in [0.5, 0.6) is 0 Å². The molecule has 0 radical (unpaired) electrons. The van der Waals surface area contributed by atoms with Gasteiger partial charge in [-0.3, -0.25) is 4.90 Å². The van der Waals surface area contributed by atoms with Crippen LogP contribution in [0, 0.1) is 18.6 Å². The maximum atomic E-state index is 13.4. The number of nitrogens with two attached hydrogens (primary N) is 1. The molecule has 0 atom stereocenters. The lowest BCUT2D eigenvalue weighted by molar-refractivity contribution is 0.312. The van der Waals surface area contributed by atoms with Crippen molar-refractivity contribution in [3.05, 3.63) is 59.2 Å². The SMILES string of the molecule is Cc1oc(-c2cc(F)cc(F)c2)nc1CN(C)Cc1cnc(N)nc1. The second kappa shape index (κ2) is 6.94. The number of halogens is 2. The number of hydrogen-bond donors (Lipinski definition) is 1. The number of oxazole rings is 1. The summed E-state index contributed by atoms with van der Waals surface area (Å²) in [6.45, 7) is 2.86. The number of benzene rings is 1. The molecule has 25 heavy (non-hydrogen) atoms. The molecule has 0 aliphatic heterocycles. The Morgan fingerprint density at radius 2 is 1.72 bits per heavy atom. The molecule has 0 aliphatic carbocycles. The minimum Gasteiger partial charge on any atom is -0.441 e. The van der Waals surface area contributed by atoms with E-state index in [9.17, 15) is 8.78 Å². The summed E-state index contributed by atoms with van der Waals surface area (Å²) in [5, 5.41) is 0. The van der Waals surface area contributed by atoms with Crippen molar-refractivity contribution in [2.45, 2.75) is 20.0 Å². The number of rotatable bonds is 5. The fourth-order valence-electron chi connectivity index (χ4n) is 2.45. The molecule has 0 unspecified atom stereocenters. The van der Waals surface area contributed by atoms with Crippen molar-refractivity contribution in [3.63, 3.8) is 0 Å². The molecule has 130 valence electrons. The van der Waals surface area contributed by atoms with E-state index in [-0.39, 0.29) is 17.4 Å². The molecule has 0 bridgehead atoms. The van der Waals surface area contributed by atoms with E-state index < -0.39 is 11.6 Å². The van der Waals surface area contributed by atoms with Gasteiger partial charge in [0, 0.05) is 42.7 Å². The van der Waals surface area contributed by atoms with Gasteiger partial charge in [-0.05, 0) is 26.1 Å². The molecule has 0 amide bonds. The van der Waals surface area contributed by atoms with Gasteiger partial charge in [0.1, 0.15) is 17.4 Å². The van der Waals surface area contributed by atoms with Crippen LogP contribution in [0.1, 0.15) is 17.0 Å². The molecule has 1 aromatic carbocycles. The molecule has 8 heteroatoms. The van der Waals surface area contributed by atoms with Crippen molar-refractivity contribution in [3.8, 4) is 11.5 Å². The highest BCUT2D eigenvalue weighted by Crippen LogP contribution is 2.24. The summed E-state index contributed by atoms with van der Waals surface area (Å²) >= 11 is 0. The van der Waals surface area contributed by atoms with E-state index >= 15 is 0 Å². The first-order valence-electron chi connectivity index (χ1n) is 7.58. The summed E-state index contributed by atoms with van der Waals surface area (Å²) in [6.07, 6.45) is 3.32. The van der Waals surface area contributed by atoms with Crippen molar-refractivity contribution in [2.75, 3.05) is 12.8 Å². The fourth-order valence-corrected chi connectivity index (χ4v) is 2.45. The normalized spacial score (nSPS) is 11.2. The predicted octanol–water partition coefficient (Wildman–Crippen LogP) is 2.93. The van der Waals surface area contributed by atoms with Crippen LogP contribution in [0.25, 0.3) is 11.5 Å². The highest BCUT2D eigenvalue weighted by Gasteiger charge is 2.15. The number of aryl methyl sites for hydroxylation is 1. The Balaban J connectivity index is 1.74. The molecule has 3 rings (SSSR count). The zero-order valence-corrected chi connectivity index (χ0v) is 13.8. The number of hydrogen-bond acceptors (Lipinski definition) is 6. The van der Waals surface area contributed by atoms with E-state index in [1.807, 2.05) is 11.9 Å². The fraction of sp³-hybridized carbons (Fsp3) is 0.235. The molecule has 0 fully saturated rings. The second-order valence-corrected chi connectivity index (χ2v) is 5.80. The Kier molecular flexibility index (Phi) is 4.71. The highest BCUT2D eigenvalue weighted by atomic mass is 19.1. The maximum absolute atomic E-state index is 13.4. The number of aromatic nitrogens is 3. The first-order chi connectivity index (χ1) is 11.9. The molecule has 0 spiro atoms. The lowest BCUT2D eigenvalue weighted by Gasteiger charge is -2.14. The van der Waals surface area contributed by atoms with Gasteiger partial charge in [0.2, 0.25) is 11.8 Å². The summed E-state index contributed by atoms with van der Waals surface area (Å²) in [5.74, 6) is -0.332. The quantitative estimate of drug-likeness (QED) is 0.766. The first-order valence-corrected chi connectivity index (χ1v) is 7.58. The standard InChI is InChI=1S/C17H17F2N5O/c1-10-15(9-24(2)8-11-6-21-17(20)22-7-11)23-16(25-10)12-3-13(18)5-14(19)4-12/h3-7H,8-9H2,1-2H3,(H2,20,21,22). The summed E-state index contributed by atoms with van der Waals surface area (Å²) < 4.78 is 32.3. The molecule has 0 saturated heterocycles. The third kappa shape index (κ3) is 4.16. The van der Waals surface area contributed by atoms with Gasteiger partial charge in [-0.2, -0.15) is 0 Å². The van der Waals surface area contributed by atoms with Gasteiger partial charge >= 0.3 is 0 Å². The zero-order chi connectivity index (χ0) is 18.0. The van der Waals surface area contributed by atoms with Crippen LogP contribution in [0.2, 0.25) is 0 Å². The van der Waals surface area contributed by atoms with E-state index in [0.29, 0.717) is 24.5 Å². The van der Waals surface area contributed by atoms with Crippen molar-refractivity contribution in [1.29, 1.82) is 0 Å². The average Bonchev–Trinajstić information content (AvgIpc) is 2.90. The summed E-state index contributed by atoms with van der Waals surface area (Å²) in [5.41, 5.74) is 7.33. The minimum absolute atomic E-state index is 0.190. The Hall–Kier alpha value is -2.87. The lowest BCUT2D eigenvalue weighted by atomic mass is 10.2.